The third-order valence-corrected chi connectivity index (χ3v) is 3.09. The van der Waals surface area contributed by atoms with Crippen molar-refractivity contribution in [1.82, 2.24) is 15.2 Å². The summed E-state index contributed by atoms with van der Waals surface area (Å²) in [7, 11) is 0. The second-order valence-electron chi connectivity index (χ2n) is 3.39. The molecule has 0 spiro atoms. The molecular formula is C9H9N3O3S. The van der Waals surface area contributed by atoms with Crippen molar-refractivity contribution in [2.45, 2.75) is 13.0 Å². The van der Waals surface area contributed by atoms with E-state index in [0.717, 1.165) is 0 Å². The van der Waals surface area contributed by atoms with Gasteiger partial charge in [-0.05, 0) is 6.92 Å². The lowest BCUT2D eigenvalue weighted by atomic mass is 10.2. The second kappa shape index (κ2) is 4.01. The fraction of sp³-hybridized carbons (Fsp3) is 0.333. The van der Waals surface area contributed by atoms with Gasteiger partial charge in [-0.25, -0.2) is 0 Å². The Balaban J connectivity index is 2.23. The number of piperazine rings is 1. The highest BCUT2D eigenvalue weighted by atomic mass is 32.1. The molecule has 1 aliphatic rings. The van der Waals surface area contributed by atoms with E-state index in [9.17, 15) is 14.4 Å². The molecule has 1 N–H and O–H groups in total. The van der Waals surface area contributed by atoms with Gasteiger partial charge in [0.2, 0.25) is 11.8 Å². The fourth-order valence-electron chi connectivity index (χ4n) is 1.43. The van der Waals surface area contributed by atoms with Gasteiger partial charge < -0.3 is 4.90 Å². The Labute approximate surface area is 95.3 Å². The molecule has 1 aromatic heterocycles. The van der Waals surface area contributed by atoms with E-state index in [-0.39, 0.29) is 12.5 Å². The molecule has 6 nitrogen and oxygen atoms in total. The van der Waals surface area contributed by atoms with Gasteiger partial charge in [0.05, 0.1) is 11.7 Å². The first-order chi connectivity index (χ1) is 7.59. The number of carbonyl (C=O) groups excluding carboxylic acids is 3. The molecule has 1 aromatic rings. The number of imide groups is 1. The maximum absolute atomic E-state index is 11.9. The van der Waals surface area contributed by atoms with Crippen LogP contribution in [0, 0.1) is 0 Å². The van der Waals surface area contributed by atoms with Crippen LogP contribution in [0.1, 0.15) is 16.6 Å². The molecule has 0 aliphatic carbocycles. The first-order valence-electron chi connectivity index (χ1n) is 4.62. The molecule has 0 aromatic carbocycles. The van der Waals surface area contributed by atoms with Crippen LogP contribution >= 0.6 is 11.3 Å². The van der Waals surface area contributed by atoms with Gasteiger partial charge in [0, 0.05) is 0 Å². The summed E-state index contributed by atoms with van der Waals surface area (Å²) >= 11 is 1.18. The van der Waals surface area contributed by atoms with Gasteiger partial charge in [-0.1, -0.05) is 0 Å². The van der Waals surface area contributed by atoms with E-state index < -0.39 is 17.9 Å². The lowest BCUT2D eigenvalue weighted by Gasteiger charge is -2.31. The smallest absolute Gasteiger partial charge is 0.266 e. The number of rotatable bonds is 1. The highest BCUT2D eigenvalue weighted by molar-refractivity contribution is 7.11. The van der Waals surface area contributed by atoms with Crippen molar-refractivity contribution < 1.29 is 14.4 Å². The molecule has 0 bridgehead atoms. The van der Waals surface area contributed by atoms with Crippen LogP contribution in [0.25, 0.3) is 0 Å². The van der Waals surface area contributed by atoms with Gasteiger partial charge in [0.25, 0.3) is 5.91 Å². The van der Waals surface area contributed by atoms with E-state index in [4.69, 9.17) is 0 Å². The molecule has 3 amide bonds. The zero-order valence-corrected chi connectivity index (χ0v) is 9.28. The number of nitrogens with zero attached hydrogens (tertiary/aromatic N) is 2. The number of amides is 3. The van der Waals surface area contributed by atoms with Crippen molar-refractivity contribution in [3.63, 3.8) is 0 Å². The monoisotopic (exact) mass is 239 g/mol. The lowest BCUT2D eigenvalue weighted by molar-refractivity contribution is -0.138. The van der Waals surface area contributed by atoms with E-state index in [2.05, 4.69) is 10.3 Å². The van der Waals surface area contributed by atoms with E-state index in [1.165, 1.54) is 27.9 Å². The third kappa shape index (κ3) is 1.81. The van der Waals surface area contributed by atoms with Crippen molar-refractivity contribution >= 4 is 29.1 Å². The molecule has 2 rings (SSSR count). The van der Waals surface area contributed by atoms with Crippen molar-refractivity contribution in [3.8, 4) is 0 Å². The summed E-state index contributed by atoms with van der Waals surface area (Å²) < 4.78 is 0. The highest BCUT2D eigenvalue weighted by Crippen LogP contribution is 2.14. The highest BCUT2D eigenvalue weighted by Gasteiger charge is 2.34. The molecule has 0 saturated carbocycles. The standard InChI is InChI=1S/C9H9N3O3S/c1-5-8(14)11-7(13)3-12(5)9(15)6-2-10-4-16-6/h2,4-5H,3H2,1H3,(H,11,13,14). The van der Waals surface area contributed by atoms with E-state index in [1.54, 1.807) is 6.92 Å². The number of hydrogen-bond donors (Lipinski definition) is 1. The minimum absolute atomic E-state index is 0.0936. The predicted octanol–water partition coefficient (Wildman–Crippen LogP) is -0.370. The van der Waals surface area contributed by atoms with Gasteiger partial charge in [0.15, 0.2) is 0 Å². The second-order valence-corrected chi connectivity index (χ2v) is 4.27. The van der Waals surface area contributed by atoms with Gasteiger partial charge in [-0.2, -0.15) is 0 Å². The van der Waals surface area contributed by atoms with Gasteiger partial charge in [-0.15, -0.1) is 11.3 Å². The summed E-state index contributed by atoms with van der Waals surface area (Å²) in [6.07, 6.45) is 1.43. The van der Waals surface area contributed by atoms with Crippen LogP contribution in [-0.2, 0) is 9.59 Å². The topological polar surface area (TPSA) is 79.4 Å². The Bertz CT molecular complexity index is 443. The number of hydrogen-bond acceptors (Lipinski definition) is 5. The maximum atomic E-state index is 11.9. The zero-order chi connectivity index (χ0) is 11.7. The number of aromatic nitrogens is 1. The first kappa shape index (κ1) is 10.7. The summed E-state index contributed by atoms with van der Waals surface area (Å²) in [5.74, 6) is -1.24. The van der Waals surface area contributed by atoms with E-state index in [0.29, 0.717) is 4.88 Å². The minimum Gasteiger partial charge on any atom is -0.317 e. The average Bonchev–Trinajstić information content (AvgIpc) is 2.75. The molecule has 0 radical (unpaired) electrons. The van der Waals surface area contributed by atoms with E-state index in [1.807, 2.05) is 0 Å². The predicted molar refractivity (Wildman–Crippen MR) is 55.8 cm³/mol. The summed E-state index contributed by atoms with van der Waals surface area (Å²) in [4.78, 5) is 39.9. The minimum atomic E-state index is -0.632. The number of nitrogens with one attached hydrogen (secondary N) is 1. The summed E-state index contributed by atoms with van der Waals surface area (Å²) in [6.45, 7) is 1.49. The Morgan fingerprint density at radius 2 is 2.38 bits per heavy atom. The molecule has 1 saturated heterocycles. The van der Waals surface area contributed by atoms with Crippen LogP contribution in [0.2, 0.25) is 0 Å². The van der Waals surface area contributed by atoms with Gasteiger partial charge >= 0.3 is 0 Å². The Morgan fingerprint density at radius 1 is 1.62 bits per heavy atom. The Morgan fingerprint density at radius 3 is 3.00 bits per heavy atom. The zero-order valence-electron chi connectivity index (χ0n) is 8.47. The maximum Gasteiger partial charge on any atom is 0.266 e. The van der Waals surface area contributed by atoms with Gasteiger partial charge in [-0.3, -0.25) is 24.7 Å². The molecule has 2 heterocycles. The van der Waals surface area contributed by atoms with Crippen LogP contribution in [0.15, 0.2) is 11.7 Å². The number of thiazole rings is 1. The molecule has 1 atom stereocenters. The van der Waals surface area contributed by atoms with E-state index >= 15 is 0 Å². The summed E-state index contributed by atoms with van der Waals surface area (Å²) in [5.41, 5.74) is 1.53. The fourth-order valence-corrected chi connectivity index (χ4v) is 2.00. The molecule has 84 valence electrons. The van der Waals surface area contributed by atoms with Crippen LogP contribution in [0.3, 0.4) is 0 Å². The quantitative estimate of drug-likeness (QED) is 0.678. The van der Waals surface area contributed by atoms with Crippen molar-refractivity contribution in [1.29, 1.82) is 0 Å². The summed E-state index contributed by atoms with van der Waals surface area (Å²) in [6, 6.07) is -0.632. The van der Waals surface area contributed by atoms with Crippen LogP contribution in [0.5, 0.6) is 0 Å². The molecule has 1 aliphatic heterocycles. The number of carbonyl (C=O) groups is 3. The van der Waals surface area contributed by atoms with Crippen molar-refractivity contribution in [2.24, 2.45) is 0 Å². The average molecular weight is 239 g/mol. The Hall–Kier alpha value is -1.76. The van der Waals surface area contributed by atoms with Crippen LogP contribution < -0.4 is 5.32 Å². The van der Waals surface area contributed by atoms with Crippen LogP contribution in [-0.4, -0.2) is 40.2 Å². The molecular weight excluding hydrogens is 230 g/mol. The lowest BCUT2D eigenvalue weighted by Crippen LogP contribution is -2.58. The normalized spacial score (nSPS) is 20.8. The summed E-state index contributed by atoms with van der Waals surface area (Å²) in [5, 5.41) is 2.18. The largest absolute Gasteiger partial charge is 0.317 e. The van der Waals surface area contributed by atoms with Crippen molar-refractivity contribution in [3.05, 3.63) is 16.6 Å². The SMILES string of the molecule is CC1C(=O)NC(=O)CN1C(=O)c1cncs1. The van der Waals surface area contributed by atoms with Gasteiger partial charge in [0.1, 0.15) is 17.5 Å². The van der Waals surface area contributed by atoms with Crippen LogP contribution in [0.4, 0.5) is 0 Å². The molecule has 1 fully saturated rings. The van der Waals surface area contributed by atoms with Crippen molar-refractivity contribution in [2.75, 3.05) is 6.54 Å². The first-order valence-corrected chi connectivity index (χ1v) is 5.50. The molecule has 7 heteroatoms. The Kier molecular flexibility index (Phi) is 2.69. The molecule has 16 heavy (non-hydrogen) atoms. The molecule has 1 unspecified atom stereocenters. The third-order valence-electron chi connectivity index (χ3n) is 2.33.